The number of nitrogens with one attached hydrogen (secondary N) is 1. The molecule has 0 saturated heterocycles. The van der Waals surface area contributed by atoms with Gasteiger partial charge in [0.2, 0.25) is 0 Å². The lowest BCUT2D eigenvalue weighted by molar-refractivity contribution is -0.385. The first-order chi connectivity index (χ1) is 13.6. The summed E-state index contributed by atoms with van der Waals surface area (Å²) in [5.41, 5.74) is 3.15. The molecule has 1 N–H and O–H groups in total. The van der Waals surface area contributed by atoms with E-state index >= 15 is 0 Å². The van der Waals surface area contributed by atoms with Crippen LogP contribution in [0.2, 0.25) is 0 Å². The van der Waals surface area contributed by atoms with E-state index in [1.54, 1.807) is 17.2 Å². The number of amides is 1. The van der Waals surface area contributed by atoms with Crippen LogP contribution in [-0.2, 0) is 0 Å². The van der Waals surface area contributed by atoms with E-state index in [0.29, 0.717) is 19.5 Å². The van der Waals surface area contributed by atoms with Gasteiger partial charge in [-0.2, -0.15) is 0 Å². The summed E-state index contributed by atoms with van der Waals surface area (Å²) in [4.78, 5) is 32.6. The van der Waals surface area contributed by atoms with Gasteiger partial charge in [0, 0.05) is 48.1 Å². The van der Waals surface area contributed by atoms with Crippen LogP contribution >= 0.6 is 0 Å². The molecule has 0 unspecified atom stereocenters. The van der Waals surface area contributed by atoms with Gasteiger partial charge in [-0.1, -0.05) is 6.08 Å². The van der Waals surface area contributed by atoms with Gasteiger partial charge in [0.25, 0.3) is 5.91 Å². The largest absolute Gasteiger partial charge is 0.490 e. The predicted molar refractivity (Wildman–Crippen MR) is 104 cm³/mol. The van der Waals surface area contributed by atoms with E-state index < -0.39 is 4.92 Å². The van der Waals surface area contributed by atoms with Crippen LogP contribution in [-0.4, -0.2) is 45.9 Å². The number of pyridine rings is 1. The van der Waals surface area contributed by atoms with Gasteiger partial charge < -0.3 is 14.6 Å². The molecule has 142 valence electrons. The molecule has 0 spiro atoms. The third-order valence-electron chi connectivity index (χ3n) is 4.92. The van der Waals surface area contributed by atoms with Crippen LogP contribution < -0.4 is 4.74 Å². The fraction of sp³-hybridized carbons (Fsp3) is 0.200. The number of hydrogen-bond donors (Lipinski definition) is 1. The van der Waals surface area contributed by atoms with Crippen molar-refractivity contribution < 1.29 is 14.5 Å². The minimum atomic E-state index is -0.547. The van der Waals surface area contributed by atoms with Gasteiger partial charge in [0.15, 0.2) is 5.75 Å². The summed E-state index contributed by atoms with van der Waals surface area (Å²) in [7, 11) is 1.36. The average Bonchev–Trinajstić information content (AvgIpc) is 3.17. The molecule has 0 saturated carbocycles. The Bertz CT molecular complexity index is 1100. The molecule has 1 aliphatic rings. The quantitative estimate of drug-likeness (QED) is 0.554. The second kappa shape index (κ2) is 7.15. The minimum Gasteiger partial charge on any atom is -0.490 e. The van der Waals surface area contributed by atoms with Crippen molar-refractivity contribution in [2.45, 2.75) is 6.42 Å². The van der Waals surface area contributed by atoms with Crippen LogP contribution in [0.25, 0.3) is 16.6 Å². The first-order valence-corrected chi connectivity index (χ1v) is 8.81. The van der Waals surface area contributed by atoms with Crippen molar-refractivity contribution in [3.63, 3.8) is 0 Å². The summed E-state index contributed by atoms with van der Waals surface area (Å²) >= 11 is 0. The van der Waals surface area contributed by atoms with Gasteiger partial charge >= 0.3 is 5.69 Å². The van der Waals surface area contributed by atoms with E-state index in [2.05, 4.69) is 9.97 Å². The van der Waals surface area contributed by atoms with Crippen LogP contribution in [0.15, 0.2) is 48.8 Å². The van der Waals surface area contributed by atoms with Crippen LogP contribution in [0.1, 0.15) is 22.3 Å². The first kappa shape index (κ1) is 17.7. The maximum absolute atomic E-state index is 12.8. The number of ether oxygens (including phenoxy) is 1. The number of nitro benzene ring substituents is 1. The van der Waals surface area contributed by atoms with Crippen molar-refractivity contribution in [3.05, 3.63) is 70.0 Å². The number of carbonyl (C=O) groups is 1. The summed E-state index contributed by atoms with van der Waals surface area (Å²) in [5, 5.41) is 12.3. The Kier molecular flexibility index (Phi) is 4.52. The number of nitro groups is 1. The van der Waals surface area contributed by atoms with Gasteiger partial charge in [-0.25, -0.2) is 4.98 Å². The van der Waals surface area contributed by atoms with E-state index in [9.17, 15) is 14.9 Å². The molecule has 1 aromatic carbocycles. The number of nitrogens with zero attached hydrogens (tertiary/aromatic N) is 3. The van der Waals surface area contributed by atoms with Crippen molar-refractivity contribution in [2.24, 2.45) is 0 Å². The van der Waals surface area contributed by atoms with Gasteiger partial charge in [-0.15, -0.1) is 0 Å². The molecule has 28 heavy (non-hydrogen) atoms. The van der Waals surface area contributed by atoms with E-state index in [1.807, 2.05) is 24.4 Å². The second-order valence-corrected chi connectivity index (χ2v) is 6.48. The van der Waals surface area contributed by atoms with Gasteiger partial charge in [0.1, 0.15) is 5.65 Å². The fourth-order valence-corrected chi connectivity index (χ4v) is 3.47. The van der Waals surface area contributed by atoms with E-state index in [1.165, 1.54) is 19.2 Å². The molecule has 3 aromatic rings. The summed E-state index contributed by atoms with van der Waals surface area (Å²) < 4.78 is 4.99. The zero-order chi connectivity index (χ0) is 19.7. The Morgan fingerprint density at radius 2 is 2.21 bits per heavy atom. The molecule has 0 bridgehead atoms. The molecule has 0 fully saturated rings. The number of H-pyrrole nitrogens is 1. The Morgan fingerprint density at radius 3 is 2.93 bits per heavy atom. The number of carbonyl (C=O) groups excluding carboxylic acids is 1. The summed E-state index contributed by atoms with van der Waals surface area (Å²) in [6.45, 7) is 0.984. The first-order valence-electron chi connectivity index (χ1n) is 8.81. The standard InChI is InChI=1S/C20H18N4O4/c1-28-18-5-4-14(11-17(18)24(26)27)20(25)23-9-6-13(7-10-23)16-12-22-19-15(16)3-2-8-21-19/h2-6,8,11-12H,7,9-10H2,1H3,(H,21,22). The highest BCUT2D eigenvalue weighted by atomic mass is 16.6. The van der Waals surface area contributed by atoms with Crippen LogP contribution in [0.4, 0.5) is 5.69 Å². The molecular weight excluding hydrogens is 360 g/mol. The van der Waals surface area contributed by atoms with Gasteiger partial charge in [0.05, 0.1) is 12.0 Å². The summed E-state index contributed by atoms with van der Waals surface area (Å²) in [6, 6.07) is 8.19. The third-order valence-corrected chi connectivity index (χ3v) is 4.92. The number of fused-ring (bicyclic) bond motifs is 1. The SMILES string of the molecule is COc1ccc(C(=O)N2CC=C(c3c[nH]c4ncccc34)CC2)cc1[N+](=O)[O-]. The molecule has 0 aliphatic carbocycles. The number of methoxy groups -OCH3 is 1. The molecule has 0 radical (unpaired) electrons. The summed E-state index contributed by atoms with van der Waals surface area (Å²) in [5.74, 6) is -0.100. The lowest BCUT2D eigenvalue weighted by atomic mass is 9.99. The third kappa shape index (κ3) is 3.09. The van der Waals surface area contributed by atoms with E-state index in [4.69, 9.17) is 4.74 Å². The molecule has 2 aromatic heterocycles. The maximum atomic E-state index is 12.8. The zero-order valence-electron chi connectivity index (χ0n) is 15.2. The smallest absolute Gasteiger partial charge is 0.311 e. The van der Waals surface area contributed by atoms with E-state index in [0.717, 1.165) is 22.2 Å². The Labute approximate surface area is 160 Å². The fourth-order valence-electron chi connectivity index (χ4n) is 3.47. The van der Waals surface area contributed by atoms with Crippen molar-refractivity contribution in [3.8, 4) is 5.75 Å². The Balaban J connectivity index is 1.55. The highest BCUT2D eigenvalue weighted by Gasteiger charge is 2.24. The normalized spacial score (nSPS) is 14.0. The highest BCUT2D eigenvalue weighted by Crippen LogP contribution is 2.30. The maximum Gasteiger partial charge on any atom is 0.311 e. The molecular formula is C20H18N4O4. The molecule has 0 atom stereocenters. The molecule has 3 heterocycles. The Morgan fingerprint density at radius 1 is 1.36 bits per heavy atom. The number of aromatic amines is 1. The molecule has 8 nitrogen and oxygen atoms in total. The lowest BCUT2D eigenvalue weighted by Crippen LogP contribution is -2.34. The topological polar surface area (TPSA) is 101 Å². The van der Waals surface area contributed by atoms with Crippen LogP contribution in [0.5, 0.6) is 5.75 Å². The monoisotopic (exact) mass is 378 g/mol. The van der Waals surface area contributed by atoms with Gasteiger partial charge in [-0.05, 0) is 36.3 Å². The van der Waals surface area contributed by atoms with E-state index in [-0.39, 0.29) is 22.9 Å². The molecule has 8 heteroatoms. The number of aromatic nitrogens is 2. The lowest BCUT2D eigenvalue weighted by Gasteiger charge is -2.26. The number of hydrogen-bond acceptors (Lipinski definition) is 5. The van der Waals surface area contributed by atoms with Crippen LogP contribution in [0, 0.1) is 10.1 Å². The van der Waals surface area contributed by atoms with Crippen molar-refractivity contribution in [2.75, 3.05) is 20.2 Å². The van der Waals surface area contributed by atoms with Crippen molar-refractivity contribution in [1.29, 1.82) is 0 Å². The van der Waals surface area contributed by atoms with Crippen LogP contribution in [0.3, 0.4) is 0 Å². The average molecular weight is 378 g/mol. The Hall–Kier alpha value is -3.68. The molecule has 1 aliphatic heterocycles. The number of benzene rings is 1. The zero-order valence-corrected chi connectivity index (χ0v) is 15.2. The van der Waals surface area contributed by atoms with Gasteiger partial charge in [-0.3, -0.25) is 14.9 Å². The highest BCUT2D eigenvalue weighted by molar-refractivity contribution is 5.96. The molecule has 4 rings (SSSR count). The number of rotatable bonds is 4. The van der Waals surface area contributed by atoms with Crippen molar-refractivity contribution in [1.82, 2.24) is 14.9 Å². The molecule has 1 amide bonds. The second-order valence-electron chi connectivity index (χ2n) is 6.48. The minimum absolute atomic E-state index is 0.135. The predicted octanol–water partition coefficient (Wildman–Crippen LogP) is 3.41. The summed E-state index contributed by atoms with van der Waals surface area (Å²) in [6.07, 6.45) is 6.40. The van der Waals surface area contributed by atoms with Crippen molar-refractivity contribution >= 4 is 28.2 Å².